The first-order valence-corrected chi connectivity index (χ1v) is 11.6. The van der Waals surface area contributed by atoms with E-state index >= 15 is 0 Å². The Hall–Kier alpha value is -3.36. The van der Waals surface area contributed by atoms with Gasteiger partial charge >= 0.3 is 0 Å². The lowest BCUT2D eigenvalue weighted by Crippen LogP contribution is -2.43. The van der Waals surface area contributed by atoms with E-state index in [2.05, 4.69) is 10.2 Å². The van der Waals surface area contributed by atoms with E-state index in [9.17, 15) is 9.59 Å². The van der Waals surface area contributed by atoms with Crippen molar-refractivity contribution in [3.05, 3.63) is 59.3 Å². The monoisotopic (exact) mass is 465 g/mol. The lowest BCUT2D eigenvalue weighted by molar-refractivity contribution is -0.137. The third-order valence-corrected chi connectivity index (χ3v) is 5.98. The van der Waals surface area contributed by atoms with E-state index in [1.807, 2.05) is 56.3 Å². The smallest absolute Gasteiger partial charge is 0.278 e. The van der Waals surface area contributed by atoms with E-state index in [-0.39, 0.29) is 17.5 Å². The van der Waals surface area contributed by atoms with Crippen LogP contribution in [-0.2, 0) is 14.3 Å². The number of hydrogen-bond acceptors (Lipinski definition) is 7. The molecule has 0 saturated carbocycles. The molecule has 0 aromatic heterocycles. The number of aryl methyl sites for hydroxylation is 1. The minimum Gasteiger partial charge on any atom is -0.495 e. The second kappa shape index (κ2) is 10.7. The van der Waals surface area contributed by atoms with Crippen LogP contribution in [0.25, 0.3) is 5.57 Å². The second-order valence-corrected chi connectivity index (χ2v) is 8.25. The molecule has 1 saturated heterocycles. The van der Waals surface area contributed by atoms with Gasteiger partial charge in [-0.25, -0.2) is 0 Å². The van der Waals surface area contributed by atoms with Crippen molar-refractivity contribution in [3.63, 3.8) is 0 Å². The Labute approximate surface area is 200 Å². The van der Waals surface area contributed by atoms with Crippen molar-refractivity contribution in [1.82, 2.24) is 9.80 Å². The van der Waals surface area contributed by atoms with Gasteiger partial charge in [-0.15, -0.1) is 0 Å². The van der Waals surface area contributed by atoms with Gasteiger partial charge in [-0.3, -0.25) is 19.4 Å². The molecule has 1 N–H and O–H groups in total. The summed E-state index contributed by atoms with van der Waals surface area (Å²) in [7, 11) is 1.58. The lowest BCUT2D eigenvalue weighted by Gasteiger charge is -2.28. The fourth-order valence-corrected chi connectivity index (χ4v) is 4.17. The summed E-state index contributed by atoms with van der Waals surface area (Å²) in [4.78, 5) is 30.6. The lowest BCUT2D eigenvalue weighted by atomic mass is 10.0. The molecular formula is C26H31N3O5. The first-order chi connectivity index (χ1) is 16.5. The van der Waals surface area contributed by atoms with E-state index in [0.29, 0.717) is 61.2 Å². The maximum absolute atomic E-state index is 13.5. The highest BCUT2D eigenvalue weighted by Gasteiger charge is 2.39. The summed E-state index contributed by atoms with van der Waals surface area (Å²) in [5, 5.41) is 3.22. The van der Waals surface area contributed by atoms with Gasteiger partial charge in [0.2, 0.25) is 0 Å². The molecule has 4 rings (SSSR count). The highest BCUT2D eigenvalue weighted by atomic mass is 16.5. The van der Waals surface area contributed by atoms with Crippen molar-refractivity contribution >= 4 is 23.1 Å². The van der Waals surface area contributed by atoms with Crippen molar-refractivity contribution in [2.24, 2.45) is 0 Å². The third-order valence-electron chi connectivity index (χ3n) is 5.98. The zero-order valence-electron chi connectivity index (χ0n) is 19.9. The molecular weight excluding hydrogens is 434 g/mol. The standard InChI is InChI=1S/C26H31N3O5/c1-4-34-20-8-6-19(7-9-20)23-24(27-21-17-18(2)5-10-22(21)32-3)26(31)29(25(23)30)12-11-28-13-15-33-16-14-28/h5-10,17,27H,4,11-16H2,1-3H3. The number of morpholine rings is 1. The highest BCUT2D eigenvalue weighted by Crippen LogP contribution is 2.34. The van der Waals surface area contributed by atoms with Gasteiger partial charge < -0.3 is 19.5 Å². The number of nitrogens with one attached hydrogen (secondary N) is 1. The second-order valence-electron chi connectivity index (χ2n) is 8.25. The molecule has 0 spiro atoms. The van der Waals surface area contributed by atoms with Gasteiger partial charge in [-0.2, -0.15) is 0 Å². The van der Waals surface area contributed by atoms with Gasteiger partial charge in [0.15, 0.2) is 0 Å². The van der Waals surface area contributed by atoms with Gasteiger partial charge in [0, 0.05) is 26.2 Å². The highest BCUT2D eigenvalue weighted by molar-refractivity contribution is 6.36. The molecule has 2 aromatic rings. The fourth-order valence-electron chi connectivity index (χ4n) is 4.17. The maximum Gasteiger partial charge on any atom is 0.278 e. The number of imide groups is 1. The van der Waals surface area contributed by atoms with Gasteiger partial charge in [0.25, 0.3) is 11.8 Å². The number of methoxy groups -OCH3 is 1. The van der Waals surface area contributed by atoms with Crippen LogP contribution >= 0.6 is 0 Å². The van der Waals surface area contributed by atoms with Crippen LogP contribution in [0.3, 0.4) is 0 Å². The van der Waals surface area contributed by atoms with Crippen LogP contribution in [0.4, 0.5) is 5.69 Å². The number of rotatable bonds is 9. The molecule has 1 fully saturated rings. The number of carbonyl (C=O) groups excluding carboxylic acids is 2. The predicted molar refractivity (Wildman–Crippen MR) is 130 cm³/mol. The molecule has 2 aliphatic rings. The Kier molecular flexibility index (Phi) is 7.49. The van der Waals surface area contributed by atoms with E-state index in [1.54, 1.807) is 7.11 Å². The third kappa shape index (κ3) is 5.08. The molecule has 8 heteroatoms. The Balaban J connectivity index is 1.66. The largest absolute Gasteiger partial charge is 0.495 e. The average molecular weight is 466 g/mol. The molecule has 2 aromatic carbocycles. The Bertz CT molecular complexity index is 1070. The summed E-state index contributed by atoms with van der Waals surface area (Å²) >= 11 is 0. The number of benzene rings is 2. The van der Waals surface area contributed by atoms with Crippen LogP contribution in [0.5, 0.6) is 11.5 Å². The van der Waals surface area contributed by atoms with Gasteiger partial charge in [0.05, 0.1) is 38.2 Å². The van der Waals surface area contributed by atoms with Crippen LogP contribution < -0.4 is 14.8 Å². The van der Waals surface area contributed by atoms with E-state index < -0.39 is 0 Å². The average Bonchev–Trinajstić information content (AvgIpc) is 3.08. The molecule has 2 amide bonds. The normalized spacial score (nSPS) is 16.9. The Morgan fingerprint density at radius 1 is 1.00 bits per heavy atom. The summed E-state index contributed by atoms with van der Waals surface area (Å²) in [6, 6.07) is 12.9. The van der Waals surface area contributed by atoms with Crippen molar-refractivity contribution in [2.75, 3.05) is 58.4 Å². The van der Waals surface area contributed by atoms with E-state index in [1.165, 1.54) is 4.90 Å². The molecule has 0 radical (unpaired) electrons. The number of hydrogen-bond donors (Lipinski definition) is 1. The number of ether oxygens (including phenoxy) is 3. The van der Waals surface area contributed by atoms with Crippen molar-refractivity contribution in [2.45, 2.75) is 13.8 Å². The predicted octanol–water partition coefficient (Wildman–Crippen LogP) is 2.93. The van der Waals surface area contributed by atoms with Gasteiger partial charge in [-0.1, -0.05) is 18.2 Å². The number of carbonyl (C=O) groups is 2. The molecule has 180 valence electrons. The first-order valence-electron chi connectivity index (χ1n) is 11.6. The molecule has 0 aliphatic carbocycles. The van der Waals surface area contributed by atoms with Crippen LogP contribution in [0.1, 0.15) is 18.1 Å². The molecule has 0 bridgehead atoms. The minimum atomic E-state index is -0.342. The molecule has 34 heavy (non-hydrogen) atoms. The minimum absolute atomic E-state index is 0.250. The van der Waals surface area contributed by atoms with Crippen molar-refractivity contribution < 1.29 is 23.8 Å². The number of nitrogens with zero attached hydrogens (tertiary/aromatic N) is 2. The van der Waals surface area contributed by atoms with Crippen LogP contribution in [0.15, 0.2) is 48.2 Å². The maximum atomic E-state index is 13.5. The van der Waals surface area contributed by atoms with Gasteiger partial charge in [0.1, 0.15) is 17.2 Å². The fraction of sp³-hybridized carbons (Fsp3) is 0.385. The molecule has 2 aliphatic heterocycles. The summed E-state index contributed by atoms with van der Waals surface area (Å²) in [6.45, 7) is 8.26. The Morgan fingerprint density at radius 2 is 1.74 bits per heavy atom. The molecule has 0 atom stereocenters. The van der Waals surface area contributed by atoms with Crippen molar-refractivity contribution in [3.8, 4) is 11.5 Å². The zero-order valence-corrected chi connectivity index (χ0v) is 19.9. The SMILES string of the molecule is CCOc1ccc(C2=C(Nc3cc(C)ccc3OC)C(=O)N(CCN3CCOCC3)C2=O)cc1. The summed E-state index contributed by atoms with van der Waals surface area (Å²) in [5.41, 5.74) is 2.90. The van der Waals surface area contributed by atoms with E-state index in [0.717, 1.165) is 18.7 Å². The molecule has 0 unspecified atom stereocenters. The number of amides is 2. The first kappa shape index (κ1) is 23.8. The quantitative estimate of drug-likeness (QED) is 0.571. The van der Waals surface area contributed by atoms with Crippen molar-refractivity contribution in [1.29, 1.82) is 0 Å². The summed E-state index contributed by atoms with van der Waals surface area (Å²) in [5.74, 6) is 0.654. The van der Waals surface area contributed by atoms with E-state index in [4.69, 9.17) is 14.2 Å². The van der Waals surface area contributed by atoms with Crippen LogP contribution in [0.2, 0.25) is 0 Å². The van der Waals surface area contributed by atoms with Crippen LogP contribution in [0, 0.1) is 6.92 Å². The van der Waals surface area contributed by atoms with Gasteiger partial charge in [-0.05, 0) is 49.2 Å². The Morgan fingerprint density at radius 3 is 2.41 bits per heavy atom. The summed E-state index contributed by atoms with van der Waals surface area (Å²) in [6.07, 6.45) is 0. The number of anilines is 1. The summed E-state index contributed by atoms with van der Waals surface area (Å²) < 4.78 is 16.4. The molecule has 8 nitrogen and oxygen atoms in total. The topological polar surface area (TPSA) is 80.3 Å². The molecule has 2 heterocycles. The zero-order chi connectivity index (χ0) is 24.1. The van der Waals surface area contributed by atoms with Crippen LogP contribution in [-0.4, -0.2) is 74.7 Å².